The van der Waals surface area contributed by atoms with E-state index in [4.69, 9.17) is 5.26 Å². The third-order valence-electron chi connectivity index (χ3n) is 5.45. The minimum absolute atomic E-state index is 0.0358. The number of benzene rings is 2. The molecule has 0 unspecified atom stereocenters. The summed E-state index contributed by atoms with van der Waals surface area (Å²) in [5.41, 5.74) is 6.49. The van der Waals surface area contributed by atoms with Gasteiger partial charge in [-0.3, -0.25) is 9.89 Å². The Bertz CT molecular complexity index is 1150. The maximum absolute atomic E-state index is 12.7. The van der Waals surface area contributed by atoms with Gasteiger partial charge in [-0.1, -0.05) is 24.8 Å². The number of hydrogen-bond donors (Lipinski definition) is 1. The van der Waals surface area contributed by atoms with Gasteiger partial charge in [0.05, 0.1) is 23.8 Å². The SMILES string of the molecule is C=C(C#N)CN1Cc2c(cccc2-c2ccc3[nH]nc(C4CC4)c3c2)C1=O. The van der Waals surface area contributed by atoms with Gasteiger partial charge in [-0.2, -0.15) is 10.4 Å². The van der Waals surface area contributed by atoms with Gasteiger partial charge in [0.1, 0.15) is 0 Å². The smallest absolute Gasteiger partial charge is 0.254 e. The summed E-state index contributed by atoms with van der Waals surface area (Å²) in [6.45, 7) is 4.49. The van der Waals surface area contributed by atoms with Crippen molar-refractivity contribution in [3.05, 3.63) is 65.4 Å². The van der Waals surface area contributed by atoms with Crippen LogP contribution >= 0.6 is 0 Å². The molecule has 5 heteroatoms. The van der Waals surface area contributed by atoms with Gasteiger partial charge in [-0.15, -0.1) is 0 Å². The number of H-pyrrole nitrogens is 1. The Morgan fingerprint density at radius 3 is 2.89 bits per heavy atom. The van der Waals surface area contributed by atoms with Crippen molar-refractivity contribution in [1.29, 1.82) is 5.26 Å². The standard InChI is InChI=1S/C22H18N4O/c1-13(10-23)11-26-12-19-16(3-2-4-17(19)22(26)27)15-7-8-20-18(9-15)21(25-24-20)14-5-6-14/h2-4,7-9,14H,1,5-6,11-12H2,(H,24,25). The summed E-state index contributed by atoms with van der Waals surface area (Å²) in [4.78, 5) is 14.4. The average molecular weight is 354 g/mol. The number of carbonyl (C=O) groups is 1. The number of fused-ring (bicyclic) bond motifs is 2. The van der Waals surface area contributed by atoms with Crippen molar-refractivity contribution in [2.75, 3.05) is 6.54 Å². The van der Waals surface area contributed by atoms with Crippen molar-refractivity contribution in [3.8, 4) is 17.2 Å². The summed E-state index contributed by atoms with van der Waals surface area (Å²) in [5.74, 6) is 0.538. The zero-order valence-electron chi connectivity index (χ0n) is 14.8. The van der Waals surface area contributed by atoms with Crippen LogP contribution in [0.3, 0.4) is 0 Å². The Hall–Kier alpha value is -3.39. The van der Waals surface area contributed by atoms with Gasteiger partial charge in [-0.05, 0) is 47.7 Å². The van der Waals surface area contributed by atoms with E-state index in [1.54, 1.807) is 4.90 Å². The summed E-state index contributed by atoms with van der Waals surface area (Å²) in [6.07, 6.45) is 2.41. The van der Waals surface area contributed by atoms with Crippen molar-refractivity contribution in [1.82, 2.24) is 15.1 Å². The Morgan fingerprint density at radius 2 is 2.11 bits per heavy atom. The van der Waals surface area contributed by atoms with Crippen molar-refractivity contribution in [3.63, 3.8) is 0 Å². The van der Waals surface area contributed by atoms with Crippen LogP contribution in [-0.2, 0) is 6.54 Å². The lowest BCUT2D eigenvalue weighted by atomic mass is 9.95. The second-order valence-corrected chi connectivity index (χ2v) is 7.35. The summed E-state index contributed by atoms with van der Waals surface area (Å²) < 4.78 is 0. The Morgan fingerprint density at radius 1 is 1.30 bits per heavy atom. The molecule has 1 aromatic heterocycles. The van der Waals surface area contributed by atoms with Crippen molar-refractivity contribution >= 4 is 16.8 Å². The molecular weight excluding hydrogens is 336 g/mol. The number of carbonyl (C=O) groups excluding carboxylic acids is 1. The van der Waals surface area contributed by atoms with Gasteiger partial charge in [0.2, 0.25) is 0 Å². The van der Waals surface area contributed by atoms with Gasteiger partial charge in [0.15, 0.2) is 0 Å². The first-order chi connectivity index (χ1) is 13.2. The molecule has 27 heavy (non-hydrogen) atoms. The molecule has 5 nitrogen and oxygen atoms in total. The Labute approximate surface area is 156 Å². The number of amides is 1. The fourth-order valence-corrected chi connectivity index (χ4v) is 3.92. The number of aromatic nitrogens is 2. The van der Waals surface area contributed by atoms with E-state index in [2.05, 4.69) is 41.0 Å². The van der Waals surface area contributed by atoms with E-state index in [-0.39, 0.29) is 12.5 Å². The minimum Gasteiger partial charge on any atom is -0.329 e. The first kappa shape index (κ1) is 15.8. The predicted molar refractivity (Wildman–Crippen MR) is 103 cm³/mol. The number of nitrogens with one attached hydrogen (secondary N) is 1. The molecule has 1 fully saturated rings. The molecule has 1 saturated carbocycles. The lowest BCUT2D eigenvalue weighted by Crippen LogP contribution is -2.25. The molecule has 0 radical (unpaired) electrons. The highest BCUT2D eigenvalue weighted by Crippen LogP contribution is 2.43. The molecule has 0 saturated heterocycles. The minimum atomic E-state index is -0.0358. The van der Waals surface area contributed by atoms with E-state index < -0.39 is 0 Å². The van der Waals surface area contributed by atoms with Crippen LogP contribution in [0.4, 0.5) is 0 Å². The highest BCUT2D eigenvalue weighted by atomic mass is 16.2. The lowest BCUT2D eigenvalue weighted by molar-refractivity contribution is 0.0794. The molecule has 2 aliphatic rings. The monoisotopic (exact) mass is 354 g/mol. The third-order valence-corrected chi connectivity index (χ3v) is 5.45. The Balaban J connectivity index is 1.57. The van der Waals surface area contributed by atoms with Gasteiger partial charge in [0.25, 0.3) is 5.91 Å². The molecule has 132 valence electrons. The van der Waals surface area contributed by atoms with E-state index in [1.807, 2.05) is 18.2 Å². The molecule has 2 aromatic carbocycles. The van der Waals surface area contributed by atoms with Gasteiger partial charge < -0.3 is 4.90 Å². The van der Waals surface area contributed by atoms with Crippen LogP contribution in [0, 0.1) is 11.3 Å². The van der Waals surface area contributed by atoms with Crippen molar-refractivity contribution < 1.29 is 4.79 Å². The zero-order valence-corrected chi connectivity index (χ0v) is 14.8. The van der Waals surface area contributed by atoms with E-state index in [0.29, 0.717) is 23.6 Å². The average Bonchev–Trinajstić information content (AvgIpc) is 3.37. The highest BCUT2D eigenvalue weighted by Gasteiger charge is 2.31. The van der Waals surface area contributed by atoms with Crippen LogP contribution in [0.2, 0.25) is 0 Å². The molecule has 0 atom stereocenters. The fraction of sp³-hybridized carbons (Fsp3) is 0.227. The zero-order chi connectivity index (χ0) is 18.5. The number of hydrogen-bond acceptors (Lipinski definition) is 3. The third kappa shape index (κ3) is 2.53. The molecule has 1 aliphatic carbocycles. The van der Waals surface area contributed by atoms with Gasteiger partial charge >= 0.3 is 0 Å². The van der Waals surface area contributed by atoms with Crippen molar-refractivity contribution in [2.24, 2.45) is 0 Å². The highest BCUT2D eigenvalue weighted by molar-refractivity contribution is 6.01. The second-order valence-electron chi connectivity index (χ2n) is 7.35. The summed E-state index contributed by atoms with van der Waals surface area (Å²) in [6, 6.07) is 14.2. The van der Waals surface area contributed by atoms with Crippen molar-refractivity contribution in [2.45, 2.75) is 25.3 Å². The number of rotatable bonds is 4. The van der Waals surface area contributed by atoms with Gasteiger partial charge in [-0.25, -0.2) is 0 Å². The van der Waals surface area contributed by atoms with Crippen LogP contribution in [-0.4, -0.2) is 27.5 Å². The number of aromatic amines is 1. The van der Waals surface area contributed by atoms with E-state index in [0.717, 1.165) is 27.9 Å². The molecule has 0 spiro atoms. The first-order valence-electron chi connectivity index (χ1n) is 9.13. The van der Waals surface area contributed by atoms with E-state index >= 15 is 0 Å². The largest absolute Gasteiger partial charge is 0.329 e. The number of nitriles is 1. The van der Waals surface area contributed by atoms with Crippen LogP contribution < -0.4 is 0 Å². The lowest BCUT2D eigenvalue weighted by Gasteiger charge is -2.14. The molecule has 1 aliphatic heterocycles. The maximum Gasteiger partial charge on any atom is 0.254 e. The van der Waals surface area contributed by atoms with Crippen LogP contribution in [0.25, 0.3) is 22.0 Å². The molecule has 0 bridgehead atoms. The molecule has 5 rings (SSSR count). The topological polar surface area (TPSA) is 72.8 Å². The molecule has 3 aromatic rings. The van der Waals surface area contributed by atoms with Crippen LogP contribution in [0.1, 0.15) is 40.4 Å². The Kier molecular flexibility index (Phi) is 3.41. The van der Waals surface area contributed by atoms with Crippen LogP contribution in [0.15, 0.2) is 48.6 Å². The quantitative estimate of drug-likeness (QED) is 0.716. The second kappa shape index (κ2) is 5.82. The summed E-state index contributed by atoms with van der Waals surface area (Å²) in [7, 11) is 0. The molecule has 2 heterocycles. The number of nitrogens with zero attached hydrogens (tertiary/aromatic N) is 3. The van der Waals surface area contributed by atoms with E-state index in [1.165, 1.54) is 18.2 Å². The van der Waals surface area contributed by atoms with Crippen LogP contribution in [0.5, 0.6) is 0 Å². The summed E-state index contributed by atoms with van der Waals surface area (Å²) in [5, 5.41) is 17.8. The molecular formula is C22H18N4O. The summed E-state index contributed by atoms with van der Waals surface area (Å²) >= 11 is 0. The maximum atomic E-state index is 12.7. The fourth-order valence-electron chi connectivity index (χ4n) is 3.92. The molecule has 1 amide bonds. The van der Waals surface area contributed by atoms with E-state index in [9.17, 15) is 4.79 Å². The first-order valence-corrected chi connectivity index (χ1v) is 9.13. The van der Waals surface area contributed by atoms with Gasteiger partial charge in [0, 0.05) is 29.0 Å². The predicted octanol–water partition coefficient (Wildman–Crippen LogP) is 4.14. The normalized spacial score (nSPS) is 15.8. The molecule has 1 N–H and O–H groups in total.